The van der Waals surface area contributed by atoms with Gasteiger partial charge in [-0.1, -0.05) is 188 Å². The van der Waals surface area contributed by atoms with Crippen LogP contribution in [0.5, 0.6) is 0 Å². The highest BCUT2D eigenvalue weighted by atomic mass is 28.3. The van der Waals surface area contributed by atoms with E-state index in [4.69, 9.17) is 35.5 Å². The highest BCUT2D eigenvalue weighted by Gasteiger charge is 2.41. The number of hydrogen-bond donors (Lipinski definition) is 0. The van der Waals surface area contributed by atoms with Crippen molar-refractivity contribution in [2.24, 2.45) is 0 Å². The fraction of sp³-hybridized carbons (Fsp3) is 0. The fourth-order valence-corrected chi connectivity index (χ4v) is 12.0. The second-order valence-corrected chi connectivity index (χ2v) is 16.6. The molecule has 0 spiro atoms. The number of para-hydroxylation sites is 4. The third-order valence-corrected chi connectivity index (χ3v) is 14.5. The zero-order valence-corrected chi connectivity index (χ0v) is 30.3. The normalized spacial score (nSPS) is 17.0. The molecule has 0 radical (unpaired) electrons. The Morgan fingerprint density at radius 3 is 1.23 bits per heavy atom. The van der Waals surface area contributed by atoms with Gasteiger partial charge in [-0.3, -0.25) is 9.13 Å². The summed E-state index contributed by atoms with van der Waals surface area (Å²) in [7, 11) is -4.14. The zero-order valence-electron chi connectivity index (χ0n) is 50.3. The van der Waals surface area contributed by atoms with Crippen molar-refractivity contribution in [3.63, 3.8) is 0 Å². The minimum Gasteiger partial charge on any atom is -0.278 e. The molecule has 0 aliphatic carbocycles. The summed E-state index contributed by atoms with van der Waals surface area (Å²) < 4.78 is 191. The molecular weight excluding hydrogens is 711 g/mol. The number of fused-ring (bicyclic) bond motifs is 6. The van der Waals surface area contributed by atoms with E-state index in [-0.39, 0.29) is 38.1 Å². The molecule has 8 aromatic carbocycles. The summed E-state index contributed by atoms with van der Waals surface area (Å²) >= 11 is 0. The third kappa shape index (κ3) is 5.19. The van der Waals surface area contributed by atoms with Crippen molar-refractivity contribution in [2.45, 2.75) is 0 Å². The zero-order chi connectivity index (χ0) is 56.0. The van der Waals surface area contributed by atoms with E-state index in [1.807, 2.05) is 0 Å². The number of nitrogens with zero attached hydrogens (tertiary/aromatic N) is 5. The number of hydrogen-bond acceptors (Lipinski definition) is 3. The third-order valence-electron chi connectivity index (χ3n) is 9.92. The van der Waals surface area contributed by atoms with Gasteiger partial charge in [-0.2, -0.15) is 15.0 Å². The summed E-state index contributed by atoms with van der Waals surface area (Å²) in [6.07, 6.45) is 0. The minimum atomic E-state index is -4.14. The van der Waals surface area contributed by atoms with Gasteiger partial charge in [0.1, 0.15) is 0 Å². The van der Waals surface area contributed by atoms with E-state index in [9.17, 15) is 8.22 Å². The van der Waals surface area contributed by atoms with E-state index in [2.05, 4.69) is 0 Å². The topological polar surface area (TPSA) is 48.5 Å². The van der Waals surface area contributed by atoms with Gasteiger partial charge in [0.05, 0.1) is 50.9 Å². The van der Waals surface area contributed by atoms with Crippen LogP contribution in [-0.4, -0.2) is 32.2 Å². The van der Waals surface area contributed by atoms with Crippen LogP contribution < -0.4 is 20.7 Å². The second-order valence-electron chi connectivity index (χ2n) is 12.9. The van der Waals surface area contributed by atoms with Crippen molar-refractivity contribution in [1.82, 2.24) is 24.1 Å². The SMILES string of the molecule is [2H]c1c([2H])c([2H])c([Si](c2ccccc2)(c2ccccc2)c2cccc(-c3nc(-n4c5c([2H])c([2H])c([2H])c([2H])c5c5c([2H])c([2H])c([2H])c([2H])c54)nc(-n4c5c([2H])c([2H])c([2H])c([2H])c5c5c([2H])c([2H])c([2H])c([2H])c54)n3)c2)c([2H])c1[2H]. The van der Waals surface area contributed by atoms with E-state index in [0.29, 0.717) is 15.6 Å². The van der Waals surface area contributed by atoms with Crippen LogP contribution >= 0.6 is 0 Å². The lowest BCUT2D eigenvalue weighted by molar-refractivity contribution is 0.893. The van der Waals surface area contributed by atoms with Crippen molar-refractivity contribution in [3.05, 3.63) is 212 Å². The van der Waals surface area contributed by atoms with Crippen molar-refractivity contribution in [1.29, 1.82) is 0 Å². The van der Waals surface area contributed by atoms with Crippen LogP contribution in [0, 0.1) is 0 Å². The number of benzene rings is 8. The first-order valence-electron chi connectivity index (χ1n) is 28.1. The first-order chi connectivity index (χ1) is 37.0. The summed E-state index contributed by atoms with van der Waals surface area (Å²) in [5, 5.41) is 0.240. The maximum atomic E-state index is 9.49. The Hall–Kier alpha value is -7.41. The smallest absolute Gasteiger partial charge is 0.240 e. The average Bonchev–Trinajstić information content (AvgIpc) is 3.77. The summed E-state index contributed by atoms with van der Waals surface area (Å²) in [5.74, 6) is -1.50. The molecule has 0 unspecified atom stereocenters. The second kappa shape index (κ2) is 13.4. The molecule has 0 bridgehead atoms. The van der Waals surface area contributed by atoms with Gasteiger partial charge in [-0.05, 0) is 44.9 Å². The van der Waals surface area contributed by atoms with Crippen molar-refractivity contribution < 1.29 is 28.8 Å². The first-order valence-corrected chi connectivity index (χ1v) is 19.6. The molecule has 3 aromatic heterocycles. The molecule has 0 aliphatic heterocycles. The quantitative estimate of drug-likeness (QED) is 0.120. The van der Waals surface area contributed by atoms with Crippen LogP contribution in [0.1, 0.15) is 28.8 Å². The van der Waals surface area contributed by atoms with Crippen LogP contribution in [0.2, 0.25) is 0 Å². The molecule has 0 aliphatic rings. The van der Waals surface area contributed by atoms with Gasteiger partial charge in [0.15, 0.2) is 13.9 Å². The molecule has 11 aromatic rings. The standard InChI is InChI=1S/C51H35N5Si/c1-4-20-37(21-5-1)57(38-22-6-2-7-23-38,39-24-8-3-9-25-39)40-26-18-19-36(35-40)49-52-50(55-45-31-14-10-27-41(45)42-28-11-15-32-46(42)55)54-51(53-49)56-47-33-16-12-29-43(47)44-30-13-17-34-48(44)56/h1-35H/i1D,4D,5D,10D,11D,12D,13D,14D,15D,16D,17D,20D,21D,27D,28D,29D,30D,31D,32D,33D,34D. The maximum Gasteiger partial charge on any atom is 0.240 e. The Kier molecular flexibility index (Phi) is 4.24. The monoisotopic (exact) mass is 766 g/mol. The molecule has 0 fully saturated rings. The Bertz CT molecular complexity index is 4070. The molecule has 0 atom stereocenters. The molecule has 6 heteroatoms. The van der Waals surface area contributed by atoms with Crippen molar-refractivity contribution >= 4 is 72.4 Å². The molecule has 5 nitrogen and oxygen atoms in total. The molecule has 0 saturated carbocycles. The molecule has 268 valence electrons. The molecule has 3 heterocycles. The summed E-state index contributed by atoms with van der Waals surface area (Å²) in [5.41, 5.74) is -1.54. The predicted molar refractivity (Wildman–Crippen MR) is 238 cm³/mol. The van der Waals surface area contributed by atoms with Gasteiger partial charge in [0, 0.05) is 27.1 Å². The first kappa shape index (κ1) is 18.0. The van der Waals surface area contributed by atoms with Crippen LogP contribution in [-0.2, 0) is 0 Å². The lowest BCUT2D eigenvalue weighted by Gasteiger charge is -2.34. The Labute approximate surface area is 360 Å². The van der Waals surface area contributed by atoms with Gasteiger partial charge in [0.2, 0.25) is 11.9 Å². The van der Waals surface area contributed by atoms with Gasteiger partial charge in [-0.15, -0.1) is 0 Å². The van der Waals surface area contributed by atoms with Crippen LogP contribution in [0.15, 0.2) is 212 Å². The number of rotatable bonds is 7. The van der Waals surface area contributed by atoms with Gasteiger partial charge in [0.25, 0.3) is 0 Å². The van der Waals surface area contributed by atoms with Gasteiger partial charge >= 0.3 is 0 Å². The highest BCUT2D eigenvalue weighted by molar-refractivity contribution is 7.19. The largest absolute Gasteiger partial charge is 0.278 e. The molecule has 0 N–H and O–H groups in total. The fourth-order valence-electron chi connectivity index (χ4n) is 7.56. The van der Waals surface area contributed by atoms with E-state index in [1.165, 1.54) is 0 Å². The lowest BCUT2D eigenvalue weighted by atomic mass is 10.2. The molecule has 0 amide bonds. The van der Waals surface area contributed by atoms with E-state index >= 15 is 0 Å². The number of aromatic nitrogens is 5. The van der Waals surface area contributed by atoms with Crippen molar-refractivity contribution in [2.75, 3.05) is 0 Å². The summed E-state index contributed by atoms with van der Waals surface area (Å²) in [4.78, 5) is 14.6. The Morgan fingerprint density at radius 2 is 0.772 bits per heavy atom. The summed E-state index contributed by atoms with van der Waals surface area (Å²) in [6.45, 7) is 0. The van der Waals surface area contributed by atoms with E-state index < -0.39 is 169 Å². The van der Waals surface area contributed by atoms with Gasteiger partial charge in [-0.25, -0.2) is 0 Å². The van der Waals surface area contributed by atoms with Crippen molar-refractivity contribution in [3.8, 4) is 23.3 Å². The molecule has 57 heavy (non-hydrogen) atoms. The minimum absolute atomic E-state index is 0.00201. The Morgan fingerprint density at radius 1 is 0.368 bits per heavy atom. The molecule has 11 rings (SSSR count). The Balaban J connectivity index is 1.36. The summed E-state index contributed by atoms with van der Waals surface area (Å²) in [6, 6.07) is 10.0. The average molecular weight is 767 g/mol. The van der Waals surface area contributed by atoms with Gasteiger partial charge < -0.3 is 0 Å². The molecular formula is C51H35N5Si. The highest BCUT2D eigenvalue weighted by Crippen LogP contribution is 2.34. The molecule has 0 saturated heterocycles. The van der Waals surface area contributed by atoms with E-state index in [1.54, 1.807) is 84.9 Å². The maximum absolute atomic E-state index is 9.49. The van der Waals surface area contributed by atoms with Crippen LogP contribution in [0.3, 0.4) is 0 Å². The van der Waals surface area contributed by atoms with Crippen LogP contribution in [0.4, 0.5) is 0 Å². The lowest BCUT2D eigenvalue weighted by Crippen LogP contribution is -2.74. The predicted octanol–water partition coefficient (Wildman–Crippen LogP) is 9.11. The van der Waals surface area contributed by atoms with E-state index in [0.717, 1.165) is 9.13 Å². The van der Waals surface area contributed by atoms with Crippen LogP contribution in [0.25, 0.3) is 66.9 Å².